The number of H-pyrrole nitrogens is 1. The van der Waals surface area contributed by atoms with E-state index in [0.717, 1.165) is 17.4 Å². The maximum absolute atomic E-state index is 11.8. The van der Waals surface area contributed by atoms with Gasteiger partial charge < -0.3 is 24.8 Å². The van der Waals surface area contributed by atoms with E-state index in [1.807, 2.05) is 36.7 Å². The van der Waals surface area contributed by atoms with Gasteiger partial charge in [0.1, 0.15) is 17.6 Å². The molecule has 8 nitrogen and oxygen atoms in total. The molecule has 4 atom stereocenters. The molecule has 9 heteroatoms. The summed E-state index contributed by atoms with van der Waals surface area (Å²) in [5, 5.41) is 0.855. The number of hydrogen-bond donors (Lipinski definition) is 2. The predicted octanol–water partition coefficient (Wildman–Crippen LogP) is 2.60. The van der Waals surface area contributed by atoms with Crippen LogP contribution in [0.2, 0.25) is 5.28 Å². The van der Waals surface area contributed by atoms with Gasteiger partial charge in [-0.2, -0.15) is 4.98 Å². The number of nitrogens with zero attached hydrogens (tertiary/aromatic N) is 3. The summed E-state index contributed by atoms with van der Waals surface area (Å²) in [4.78, 5) is 22.9. The Morgan fingerprint density at radius 3 is 2.86 bits per heavy atom. The first-order valence-corrected chi connectivity index (χ1v) is 9.54. The highest BCUT2D eigenvalue weighted by Crippen LogP contribution is 2.51. The number of ether oxygens (including phenoxy) is 2. The molecule has 0 unspecified atom stereocenters. The highest BCUT2D eigenvalue weighted by molar-refractivity contribution is 6.28. The first kappa shape index (κ1) is 17.7. The highest BCUT2D eigenvalue weighted by atomic mass is 35.5. The molecule has 0 radical (unpaired) electrons. The second-order valence-corrected chi connectivity index (χ2v) is 8.14. The van der Waals surface area contributed by atoms with Crippen LogP contribution in [-0.2, 0) is 9.47 Å². The average Bonchev–Trinajstić information content (AvgIpc) is 3.25. The Morgan fingerprint density at radius 1 is 1.29 bits per heavy atom. The fourth-order valence-electron chi connectivity index (χ4n) is 4.54. The third-order valence-electron chi connectivity index (χ3n) is 5.59. The number of anilines is 1. The smallest absolute Gasteiger partial charge is 0.248 e. The number of hydrogen-bond acceptors (Lipinski definition) is 6. The van der Waals surface area contributed by atoms with Crippen LogP contribution in [0.1, 0.15) is 37.8 Å². The van der Waals surface area contributed by atoms with E-state index in [1.54, 1.807) is 12.3 Å². The van der Waals surface area contributed by atoms with Crippen LogP contribution >= 0.6 is 11.6 Å². The zero-order chi connectivity index (χ0) is 19.6. The lowest BCUT2D eigenvalue weighted by Crippen LogP contribution is -2.27. The second kappa shape index (κ2) is 6.04. The summed E-state index contributed by atoms with van der Waals surface area (Å²) in [5.41, 5.74) is 7.48. The number of aromatic amines is 1. The molecule has 28 heavy (non-hydrogen) atoms. The number of fused-ring (bicyclic) bond motifs is 2. The fraction of sp³-hybridized carbons (Fsp3) is 0.421. The van der Waals surface area contributed by atoms with E-state index in [9.17, 15) is 4.79 Å². The van der Waals surface area contributed by atoms with Crippen LogP contribution in [-0.4, -0.2) is 37.5 Å². The molecule has 5 rings (SSSR count). The highest BCUT2D eigenvalue weighted by Gasteiger charge is 2.55. The summed E-state index contributed by atoms with van der Waals surface area (Å²) in [6.45, 7) is 3.81. The molecular weight excluding hydrogens is 382 g/mol. The third-order valence-corrected chi connectivity index (χ3v) is 5.76. The minimum absolute atomic E-state index is 0.0196. The first-order valence-electron chi connectivity index (χ1n) is 9.16. The topological polar surface area (TPSA) is 108 Å². The Labute approximate surface area is 165 Å². The predicted molar refractivity (Wildman–Crippen MR) is 104 cm³/mol. The fourth-order valence-corrected chi connectivity index (χ4v) is 4.71. The molecule has 4 heterocycles. The van der Waals surface area contributed by atoms with Gasteiger partial charge in [-0.05, 0) is 49.6 Å². The number of pyridine rings is 1. The van der Waals surface area contributed by atoms with E-state index < -0.39 is 5.79 Å². The molecule has 0 spiro atoms. The molecule has 3 aromatic heterocycles. The summed E-state index contributed by atoms with van der Waals surface area (Å²) in [6.07, 6.45) is 3.97. The molecular formula is C19H20ClN5O3. The quantitative estimate of drug-likeness (QED) is 0.639. The molecule has 2 aliphatic rings. The lowest BCUT2D eigenvalue weighted by Gasteiger charge is -2.24. The van der Waals surface area contributed by atoms with Crippen LogP contribution in [0.15, 0.2) is 35.4 Å². The van der Waals surface area contributed by atoms with E-state index >= 15 is 0 Å². The Morgan fingerprint density at radius 2 is 2.07 bits per heavy atom. The third kappa shape index (κ3) is 2.71. The standard InChI is InChI=1S/C19H20ClN5O3/c1-19(2)27-14-11(9-3-5-22-13(26)7-9)8-12(15(14)28-19)25-6-4-10-16(21)23-18(20)24-17(10)25/h3-7,11-12,14-15H,8H2,1-2H3,(H,22,26)(H2,21,23,24)/t11-,12-,14-,15+/m1/s1. The molecule has 2 fully saturated rings. The first-order chi connectivity index (χ1) is 13.3. The number of aromatic nitrogens is 4. The zero-order valence-corrected chi connectivity index (χ0v) is 16.2. The number of nitrogen functional groups attached to an aromatic ring is 1. The van der Waals surface area contributed by atoms with Crippen molar-refractivity contribution in [3.63, 3.8) is 0 Å². The monoisotopic (exact) mass is 401 g/mol. The molecule has 1 saturated heterocycles. The van der Waals surface area contributed by atoms with Crippen molar-refractivity contribution in [2.45, 2.75) is 50.2 Å². The van der Waals surface area contributed by atoms with Crippen LogP contribution in [0.3, 0.4) is 0 Å². The molecule has 0 aromatic carbocycles. The number of halogens is 1. The van der Waals surface area contributed by atoms with E-state index in [1.165, 1.54) is 0 Å². The van der Waals surface area contributed by atoms with Crippen molar-refractivity contribution in [3.05, 3.63) is 51.8 Å². The van der Waals surface area contributed by atoms with E-state index in [0.29, 0.717) is 11.5 Å². The molecule has 0 bridgehead atoms. The zero-order valence-electron chi connectivity index (χ0n) is 15.4. The minimum atomic E-state index is -0.706. The van der Waals surface area contributed by atoms with Crippen LogP contribution < -0.4 is 11.3 Å². The number of rotatable bonds is 2. The number of nitrogens with two attached hydrogens (primary N) is 1. The summed E-state index contributed by atoms with van der Waals surface area (Å²) in [6, 6.07) is 5.39. The SMILES string of the molecule is CC1(C)O[C@@H]2[C@H](O1)[C@@H](c1cc[nH]c(=O)c1)C[C@H]2n1ccc2c(N)nc(Cl)nc21. The lowest BCUT2D eigenvalue weighted by atomic mass is 9.96. The van der Waals surface area contributed by atoms with Gasteiger partial charge in [0.05, 0.1) is 17.5 Å². The maximum atomic E-state index is 11.8. The Hall–Kier alpha value is -2.42. The second-order valence-electron chi connectivity index (χ2n) is 7.80. The van der Waals surface area contributed by atoms with E-state index in [4.69, 9.17) is 26.8 Å². The van der Waals surface area contributed by atoms with Gasteiger partial charge >= 0.3 is 0 Å². The molecule has 1 aliphatic heterocycles. The van der Waals surface area contributed by atoms with Crippen LogP contribution in [0.25, 0.3) is 11.0 Å². The Bertz CT molecular complexity index is 1120. The average molecular weight is 402 g/mol. The van der Waals surface area contributed by atoms with Crippen LogP contribution in [0.4, 0.5) is 5.82 Å². The van der Waals surface area contributed by atoms with Gasteiger partial charge in [0.2, 0.25) is 10.8 Å². The molecule has 1 saturated carbocycles. The van der Waals surface area contributed by atoms with Gasteiger partial charge in [0, 0.05) is 24.4 Å². The number of nitrogens with one attached hydrogen (secondary N) is 1. The van der Waals surface area contributed by atoms with Gasteiger partial charge in [-0.1, -0.05) is 0 Å². The van der Waals surface area contributed by atoms with Crippen molar-refractivity contribution in [1.82, 2.24) is 19.5 Å². The van der Waals surface area contributed by atoms with Crippen molar-refractivity contribution in [1.29, 1.82) is 0 Å². The van der Waals surface area contributed by atoms with E-state index in [-0.39, 0.29) is 35.0 Å². The molecule has 1 aliphatic carbocycles. The van der Waals surface area contributed by atoms with Gasteiger partial charge in [0.15, 0.2) is 5.79 Å². The van der Waals surface area contributed by atoms with Gasteiger partial charge in [-0.15, -0.1) is 0 Å². The molecule has 3 N–H and O–H groups in total. The van der Waals surface area contributed by atoms with Crippen molar-refractivity contribution >= 4 is 28.5 Å². The Kier molecular flexibility index (Phi) is 3.81. The largest absolute Gasteiger partial charge is 0.383 e. The molecule has 146 valence electrons. The van der Waals surface area contributed by atoms with Crippen molar-refractivity contribution in [2.75, 3.05) is 5.73 Å². The lowest BCUT2D eigenvalue weighted by molar-refractivity contribution is -0.157. The maximum Gasteiger partial charge on any atom is 0.248 e. The Balaban J connectivity index is 1.61. The summed E-state index contributed by atoms with van der Waals surface area (Å²) in [5.74, 6) is -0.341. The van der Waals surface area contributed by atoms with Crippen LogP contribution in [0, 0.1) is 0 Å². The summed E-state index contributed by atoms with van der Waals surface area (Å²) in [7, 11) is 0. The van der Waals surface area contributed by atoms with E-state index in [2.05, 4.69) is 15.0 Å². The van der Waals surface area contributed by atoms with Crippen molar-refractivity contribution in [3.8, 4) is 0 Å². The van der Waals surface area contributed by atoms with Gasteiger partial charge in [0.25, 0.3) is 0 Å². The summed E-state index contributed by atoms with van der Waals surface area (Å²) >= 11 is 6.05. The minimum Gasteiger partial charge on any atom is -0.383 e. The van der Waals surface area contributed by atoms with Crippen molar-refractivity contribution in [2.24, 2.45) is 0 Å². The van der Waals surface area contributed by atoms with Gasteiger partial charge in [-0.25, -0.2) is 4.98 Å². The van der Waals surface area contributed by atoms with Crippen LogP contribution in [0.5, 0.6) is 0 Å². The molecule has 0 amide bonds. The van der Waals surface area contributed by atoms with Crippen molar-refractivity contribution < 1.29 is 9.47 Å². The van der Waals surface area contributed by atoms with Gasteiger partial charge in [-0.3, -0.25) is 4.79 Å². The normalized spacial score (nSPS) is 28.7. The summed E-state index contributed by atoms with van der Waals surface area (Å²) < 4.78 is 14.5. The molecule has 3 aromatic rings.